The third-order valence-electron chi connectivity index (χ3n) is 1.54. The van der Waals surface area contributed by atoms with Crippen LogP contribution in [0.15, 0.2) is 16.6 Å². The molecule has 0 aromatic heterocycles. The molecule has 13 heavy (non-hydrogen) atoms. The van der Waals surface area contributed by atoms with Crippen molar-refractivity contribution in [1.82, 2.24) is 0 Å². The number of nitrogens with two attached hydrogens (primary N) is 1. The number of carbonyl (C=O) groups excluding carboxylic acids is 1. The van der Waals surface area contributed by atoms with Crippen molar-refractivity contribution in [2.75, 3.05) is 6.54 Å². The molecule has 0 bridgehead atoms. The molecule has 0 heterocycles. The first kappa shape index (κ1) is 10.1. The maximum absolute atomic E-state index is 13.0. The Morgan fingerprint density at radius 1 is 1.62 bits per heavy atom. The fraction of sp³-hybridized carbons (Fsp3) is 0.125. The maximum atomic E-state index is 13.0. The second-order valence-electron chi connectivity index (χ2n) is 2.38. The zero-order valence-electron chi connectivity index (χ0n) is 6.55. The van der Waals surface area contributed by atoms with E-state index in [1.54, 1.807) is 0 Å². The highest BCUT2D eigenvalue weighted by Crippen LogP contribution is 2.29. The van der Waals surface area contributed by atoms with Gasteiger partial charge in [0.1, 0.15) is 11.6 Å². The molecule has 1 aromatic rings. The molecule has 0 saturated heterocycles. The zero-order valence-corrected chi connectivity index (χ0v) is 8.14. The Labute approximate surface area is 82.5 Å². The first-order valence-electron chi connectivity index (χ1n) is 3.48. The fourth-order valence-electron chi connectivity index (χ4n) is 0.908. The summed E-state index contributed by atoms with van der Waals surface area (Å²) in [7, 11) is 0. The molecule has 3 N–H and O–H groups in total. The number of Topliss-reactive ketones (excluding diaryl/α,β-unsaturated/α-hetero) is 1. The lowest BCUT2D eigenvalue weighted by Gasteiger charge is -2.04. The van der Waals surface area contributed by atoms with E-state index in [0.717, 1.165) is 6.07 Å². The van der Waals surface area contributed by atoms with Crippen molar-refractivity contribution in [2.24, 2.45) is 5.73 Å². The minimum absolute atomic E-state index is 0.269. The molecule has 0 aliphatic rings. The number of ketones is 1. The summed E-state index contributed by atoms with van der Waals surface area (Å²) in [5, 5.41) is 9.32. The average molecular weight is 248 g/mol. The number of benzene rings is 1. The van der Waals surface area contributed by atoms with E-state index in [-0.39, 0.29) is 16.6 Å². The van der Waals surface area contributed by atoms with E-state index < -0.39 is 17.3 Å². The van der Waals surface area contributed by atoms with Crippen LogP contribution in [0.25, 0.3) is 0 Å². The Kier molecular flexibility index (Phi) is 3.00. The number of hydrogen-bond acceptors (Lipinski definition) is 3. The van der Waals surface area contributed by atoms with E-state index >= 15 is 0 Å². The van der Waals surface area contributed by atoms with Crippen molar-refractivity contribution in [3.63, 3.8) is 0 Å². The summed E-state index contributed by atoms with van der Waals surface area (Å²) in [5.74, 6) is -1.80. The molecular weight excluding hydrogens is 241 g/mol. The van der Waals surface area contributed by atoms with Crippen molar-refractivity contribution < 1.29 is 14.3 Å². The quantitative estimate of drug-likeness (QED) is 0.778. The highest BCUT2D eigenvalue weighted by molar-refractivity contribution is 9.10. The molecule has 0 amide bonds. The number of phenols is 1. The predicted molar refractivity (Wildman–Crippen MR) is 49.1 cm³/mol. The van der Waals surface area contributed by atoms with Crippen molar-refractivity contribution in [1.29, 1.82) is 0 Å². The number of aromatic hydroxyl groups is 1. The summed E-state index contributed by atoms with van der Waals surface area (Å²) in [6.45, 7) is -0.332. The average Bonchev–Trinajstić information content (AvgIpc) is 2.12. The summed E-state index contributed by atoms with van der Waals surface area (Å²) in [6.07, 6.45) is 0. The minimum Gasteiger partial charge on any atom is -0.506 e. The third kappa shape index (κ3) is 1.87. The minimum atomic E-state index is -0.767. The SMILES string of the molecule is NCC(=O)c1c(F)ccc(Br)c1O. The van der Waals surface area contributed by atoms with Gasteiger partial charge in [-0.2, -0.15) is 0 Å². The number of hydrogen-bond donors (Lipinski definition) is 2. The molecule has 0 spiro atoms. The van der Waals surface area contributed by atoms with E-state index in [1.807, 2.05) is 0 Å². The molecule has 1 aromatic carbocycles. The number of rotatable bonds is 2. The van der Waals surface area contributed by atoms with Crippen LogP contribution in [0.2, 0.25) is 0 Å². The Morgan fingerprint density at radius 3 is 2.77 bits per heavy atom. The topological polar surface area (TPSA) is 63.3 Å². The van der Waals surface area contributed by atoms with E-state index in [9.17, 15) is 14.3 Å². The Bertz CT molecular complexity index is 354. The van der Waals surface area contributed by atoms with Crippen molar-refractivity contribution in [3.05, 3.63) is 28.0 Å². The van der Waals surface area contributed by atoms with Crippen LogP contribution in [0.5, 0.6) is 5.75 Å². The first-order chi connectivity index (χ1) is 6.07. The summed E-state index contributed by atoms with van der Waals surface area (Å²) < 4.78 is 13.3. The summed E-state index contributed by atoms with van der Waals surface area (Å²) in [6, 6.07) is 2.41. The molecule has 70 valence electrons. The Balaban J connectivity index is 3.33. The van der Waals surface area contributed by atoms with Gasteiger partial charge >= 0.3 is 0 Å². The number of halogens is 2. The first-order valence-corrected chi connectivity index (χ1v) is 4.27. The molecular formula is C8H7BrFNO2. The molecule has 0 unspecified atom stereocenters. The van der Waals surface area contributed by atoms with E-state index in [2.05, 4.69) is 15.9 Å². The van der Waals surface area contributed by atoms with Crippen LogP contribution in [0.3, 0.4) is 0 Å². The molecule has 1 rings (SSSR count). The molecule has 0 atom stereocenters. The lowest BCUT2D eigenvalue weighted by atomic mass is 10.1. The summed E-state index contributed by atoms with van der Waals surface area (Å²) >= 11 is 2.97. The zero-order chi connectivity index (χ0) is 10.0. The van der Waals surface area contributed by atoms with Crippen molar-refractivity contribution in [2.45, 2.75) is 0 Å². The van der Waals surface area contributed by atoms with Gasteiger partial charge < -0.3 is 10.8 Å². The van der Waals surface area contributed by atoms with Gasteiger partial charge in [-0.1, -0.05) is 0 Å². The van der Waals surface area contributed by atoms with Gasteiger partial charge in [0.05, 0.1) is 16.6 Å². The summed E-state index contributed by atoms with van der Waals surface area (Å²) in [4.78, 5) is 11.1. The Morgan fingerprint density at radius 2 is 2.23 bits per heavy atom. The van der Waals surface area contributed by atoms with Gasteiger partial charge in [0.25, 0.3) is 0 Å². The van der Waals surface area contributed by atoms with Crippen LogP contribution in [0.1, 0.15) is 10.4 Å². The van der Waals surface area contributed by atoms with Gasteiger partial charge in [0, 0.05) is 0 Å². The van der Waals surface area contributed by atoms with Gasteiger partial charge in [0.15, 0.2) is 5.78 Å². The van der Waals surface area contributed by atoms with Gasteiger partial charge in [-0.3, -0.25) is 4.79 Å². The lowest BCUT2D eigenvalue weighted by molar-refractivity contribution is 0.0994. The van der Waals surface area contributed by atoms with Crippen LogP contribution in [-0.4, -0.2) is 17.4 Å². The molecule has 3 nitrogen and oxygen atoms in total. The van der Waals surface area contributed by atoms with E-state index in [4.69, 9.17) is 5.73 Å². The van der Waals surface area contributed by atoms with Crippen LogP contribution in [-0.2, 0) is 0 Å². The van der Waals surface area contributed by atoms with Crippen molar-refractivity contribution in [3.8, 4) is 5.75 Å². The van der Waals surface area contributed by atoms with E-state index in [1.165, 1.54) is 6.07 Å². The molecule has 5 heteroatoms. The Hall–Kier alpha value is -0.940. The molecule has 0 aliphatic carbocycles. The van der Waals surface area contributed by atoms with Gasteiger partial charge in [-0.15, -0.1) is 0 Å². The van der Waals surface area contributed by atoms with Crippen LogP contribution < -0.4 is 5.73 Å². The van der Waals surface area contributed by atoms with Gasteiger partial charge in [-0.05, 0) is 28.1 Å². The predicted octanol–water partition coefficient (Wildman–Crippen LogP) is 1.44. The molecule has 0 saturated carbocycles. The maximum Gasteiger partial charge on any atom is 0.183 e. The second-order valence-corrected chi connectivity index (χ2v) is 3.23. The highest BCUT2D eigenvalue weighted by Gasteiger charge is 2.17. The number of carbonyl (C=O) groups is 1. The smallest absolute Gasteiger partial charge is 0.183 e. The largest absolute Gasteiger partial charge is 0.506 e. The molecule has 0 aliphatic heterocycles. The normalized spacial score (nSPS) is 10.1. The van der Waals surface area contributed by atoms with Crippen LogP contribution >= 0.6 is 15.9 Å². The van der Waals surface area contributed by atoms with Gasteiger partial charge in [-0.25, -0.2) is 4.39 Å². The molecule has 0 radical (unpaired) electrons. The third-order valence-corrected chi connectivity index (χ3v) is 2.18. The summed E-state index contributed by atoms with van der Waals surface area (Å²) in [5.41, 5.74) is 4.69. The fourth-order valence-corrected chi connectivity index (χ4v) is 1.24. The van der Waals surface area contributed by atoms with E-state index in [0.29, 0.717) is 0 Å². The lowest BCUT2D eigenvalue weighted by Crippen LogP contribution is -2.15. The molecule has 0 fully saturated rings. The highest BCUT2D eigenvalue weighted by atomic mass is 79.9. The van der Waals surface area contributed by atoms with Gasteiger partial charge in [0.2, 0.25) is 0 Å². The monoisotopic (exact) mass is 247 g/mol. The van der Waals surface area contributed by atoms with Crippen molar-refractivity contribution >= 4 is 21.7 Å². The van der Waals surface area contributed by atoms with Crippen LogP contribution in [0.4, 0.5) is 4.39 Å². The standard InChI is InChI=1S/C8H7BrFNO2/c9-4-1-2-5(10)7(8(4)13)6(12)3-11/h1-2,13H,3,11H2. The van der Waals surface area contributed by atoms with Crippen LogP contribution in [0, 0.1) is 5.82 Å². The number of phenolic OH excluding ortho intramolecular Hbond substituents is 1. The second kappa shape index (κ2) is 3.85.